The van der Waals surface area contributed by atoms with Gasteiger partial charge in [0.2, 0.25) is 5.88 Å². The summed E-state index contributed by atoms with van der Waals surface area (Å²) in [6.45, 7) is 0.176. The molecule has 0 atom stereocenters. The summed E-state index contributed by atoms with van der Waals surface area (Å²) in [6, 6.07) is 7.97. The van der Waals surface area contributed by atoms with Crippen molar-refractivity contribution in [1.82, 2.24) is 4.98 Å². The van der Waals surface area contributed by atoms with E-state index >= 15 is 0 Å². The van der Waals surface area contributed by atoms with Gasteiger partial charge in [-0.05, 0) is 23.4 Å². The molecule has 1 heterocycles. The maximum absolute atomic E-state index is 8.84. The maximum atomic E-state index is 8.84. The minimum Gasteiger partial charge on any atom is -0.481 e. The molecule has 3 heteroatoms. The highest BCUT2D eigenvalue weighted by Gasteiger charge is 1.99. The first kappa shape index (κ1) is 9.93. The second-order valence-corrected chi connectivity index (χ2v) is 3.38. The van der Waals surface area contributed by atoms with Gasteiger partial charge in [-0.25, -0.2) is 4.98 Å². The monoisotopic (exact) mass is 203 g/mol. The molecule has 1 N–H and O–H groups in total. The van der Waals surface area contributed by atoms with Crippen molar-refractivity contribution in [2.45, 2.75) is 6.42 Å². The van der Waals surface area contributed by atoms with Gasteiger partial charge >= 0.3 is 0 Å². The Labute approximate surface area is 88.3 Å². The molecule has 0 aliphatic carbocycles. The van der Waals surface area contributed by atoms with Crippen LogP contribution in [0.1, 0.15) is 5.56 Å². The molecular weight excluding hydrogens is 190 g/mol. The van der Waals surface area contributed by atoms with Crippen LogP contribution in [0.2, 0.25) is 0 Å². The number of rotatable bonds is 3. The fraction of sp³-hybridized carbons (Fsp3) is 0.250. The number of benzene rings is 1. The molecule has 3 nitrogen and oxygen atoms in total. The summed E-state index contributed by atoms with van der Waals surface area (Å²) in [7, 11) is 1.61. The van der Waals surface area contributed by atoms with E-state index < -0.39 is 0 Å². The third-order valence-corrected chi connectivity index (χ3v) is 2.37. The zero-order valence-electron chi connectivity index (χ0n) is 8.60. The Morgan fingerprint density at radius 3 is 2.87 bits per heavy atom. The van der Waals surface area contributed by atoms with Crippen LogP contribution in [-0.2, 0) is 6.42 Å². The van der Waals surface area contributed by atoms with Crippen molar-refractivity contribution >= 4 is 10.8 Å². The Kier molecular flexibility index (Phi) is 2.83. The molecule has 15 heavy (non-hydrogen) atoms. The highest BCUT2D eigenvalue weighted by molar-refractivity contribution is 5.83. The summed E-state index contributed by atoms with van der Waals surface area (Å²) in [4.78, 5) is 4.14. The fourth-order valence-electron chi connectivity index (χ4n) is 1.57. The lowest BCUT2D eigenvalue weighted by atomic mass is 10.1. The van der Waals surface area contributed by atoms with Crippen molar-refractivity contribution < 1.29 is 9.84 Å². The molecule has 0 bridgehead atoms. The van der Waals surface area contributed by atoms with Gasteiger partial charge in [0, 0.05) is 24.3 Å². The van der Waals surface area contributed by atoms with Gasteiger partial charge in [0.15, 0.2) is 0 Å². The predicted molar refractivity (Wildman–Crippen MR) is 59.1 cm³/mol. The van der Waals surface area contributed by atoms with E-state index in [2.05, 4.69) is 4.98 Å². The minimum absolute atomic E-state index is 0.176. The number of aromatic nitrogens is 1. The van der Waals surface area contributed by atoms with E-state index in [-0.39, 0.29) is 6.61 Å². The number of aliphatic hydroxyl groups is 1. The molecule has 0 spiro atoms. The van der Waals surface area contributed by atoms with Gasteiger partial charge in [0.05, 0.1) is 7.11 Å². The summed E-state index contributed by atoms with van der Waals surface area (Å²) < 4.78 is 5.05. The van der Waals surface area contributed by atoms with E-state index in [0.29, 0.717) is 12.3 Å². The van der Waals surface area contributed by atoms with Crippen LogP contribution in [-0.4, -0.2) is 23.8 Å². The molecule has 0 saturated carbocycles. The van der Waals surface area contributed by atoms with Gasteiger partial charge in [-0.2, -0.15) is 0 Å². The molecule has 0 aliphatic heterocycles. The van der Waals surface area contributed by atoms with Crippen molar-refractivity contribution in [3.05, 3.63) is 36.0 Å². The lowest BCUT2D eigenvalue weighted by molar-refractivity contribution is 0.299. The number of hydrogen-bond donors (Lipinski definition) is 1. The lowest BCUT2D eigenvalue weighted by Gasteiger charge is -2.03. The molecule has 2 aromatic rings. The van der Waals surface area contributed by atoms with Crippen molar-refractivity contribution in [3.8, 4) is 5.88 Å². The van der Waals surface area contributed by atoms with Gasteiger partial charge < -0.3 is 9.84 Å². The van der Waals surface area contributed by atoms with E-state index in [1.807, 2.05) is 24.3 Å². The smallest absolute Gasteiger partial charge is 0.213 e. The largest absolute Gasteiger partial charge is 0.481 e. The van der Waals surface area contributed by atoms with Crippen molar-refractivity contribution in [2.75, 3.05) is 13.7 Å². The lowest BCUT2D eigenvalue weighted by Crippen LogP contribution is -1.91. The Morgan fingerprint density at radius 1 is 1.27 bits per heavy atom. The van der Waals surface area contributed by atoms with Crippen LogP contribution in [0, 0.1) is 0 Å². The van der Waals surface area contributed by atoms with E-state index in [1.165, 1.54) is 0 Å². The molecule has 1 aromatic heterocycles. The molecule has 0 radical (unpaired) electrons. The number of pyridine rings is 1. The number of hydrogen-bond acceptors (Lipinski definition) is 3. The summed E-state index contributed by atoms with van der Waals surface area (Å²) in [6.07, 6.45) is 2.47. The molecule has 2 rings (SSSR count). The summed E-state index contributed by atoms with van der Waals surface area (Å²) in [5, 5.41) is 11.0. The molecule has 0 fully saturated rings. The average Bonchev–Trinajstić information content (AvgIpc) is 2.29. The SMILES string of the molecule is COc1cc2ccc(CCO)cc2cn1. The zero-order chi connectivity index (χ0) is 10.7. The number of methoxy groups -OCH3 is 1. The predicted octanol–water partition coefficient (Wildman–Crippen LogP) is 1.78. The molecule has 0 saturated heterocycles. The first-order chi connectivity index (χ1) is 7.33. The summed E-state index contributed by atoms with van der Waals surface area (Å²) >= 11 is 0. The van der Waals surface area contributed by atoms with Gasteiger partial charge in [-0.1, -0.05) is 12.1 Å². The average molecular weight is 203 g/mol. The third-order valence-electron chi connectivity index (χ3n) is 2.37. The minimum atomic E-state index is 0.176. The molecule has 0 amide bonds. The molecule has 78 valence electrons. The summed E-state index contributed by atoms with van der Waals surface area (Å²) in [5.74, 6) is 0.623. The van der Waals surface area contributed by atoms with E-state index in [1.54, 1.807) is 13.3 Å². The van der Waals surface area contributed by atoms with Gasteiger partial charge in [0.25, 0.3) is 0 Å². The molecule has 0 unspecified atom stereocenters. The molecule has 0 aliphatic rings. The van der Waals surface area contributed by atoms with Crippen LogP contribution in [0.5, 0.6) is 5.88 Å². The van der Waals surface area contributed by atoms with E-state index in [0.717, 1.165) is 16.3 Å². The Hall–Kier alpha value is -1.61. The first-order valence-electron chi connectivity index (χ1n) is 4.87. The third kappa shape index (κ3) is 2.07. The number of ether oxygens (including phenoxy) is 1. The first-order valence-corrected chi connectivity index (χ1v) is 4.87. The van der Waals surface area contributed by atoms with Crippen LogP contribution in [0.25, 0.3) is 10.8 Å². The van der Waals surface area contributed by atoms with Crippen LogP contribution in [0.3, 0.4) is 0 Å². The van der Waals surface area contributed by atoms with E-state index in [9.17, 15) is 0 Å². The summed E-state index contributed by atoms with van der Waals surface area (Å²) in [5.41, 5.74) is 1.12. The van der Waals surface area contributed by atoms with Crippen molar-refractivity contribution in [2.24, 2.45) is 0 Å². The van der Waals surface area contributed by atoms with Crippen LogP contribution in [0.15, 0.2) is 30.5 Å². The highest BCUT2D eigenvalue weighted by Crippen LogP contribution is 2.19. The Bertz CT molecular complexity index is 468. The Morgan fingerprint density at radius 2 is 2.13 bits per heavy atom. The normalized spacial score (nSPS) is 10.5. The van der Waals surface area contributed by atoms with Gasteiger partial charge in [-0.15, -0.1) is 0 Å². The number of aliphatic hydroxyl groups excluding tert-OH is 1. The maximum Gasteiger partial charge on any atom is 0.213 e. The highest BCUT2D eigenvalue weighted by atomic mass is 16.5. The van der Waals surface area contributed by atoms with Crippen molar-refractivity contribution in [1.29, 1.82) is 0 Å². The van der Waals surface area contributed by atoms with Crippen LogP contribution in [0.4, 0.5) is 0 Å². The van der Waals surface area contributed by atoms with Crippen LogP contribution >= 0.6 is 0 Å². The zero-order valence-corrected chi connectivity index (χ0v) is 8.60. The standard InChI is InChI=1S/C12H13NO2/c1-15-12-7-10-3-2-9(4-5-14)6-11(10)8-13-12/h2-3,6-8,14H,4-5H2,1H3. The quantitative estimate of drug-likeness (QED) is 0.826. The fourth-order valence-corrected chi connectivity index (χ4v) is 1.57. The van der Waals surface area contributed by atoms with Crippen molar-refractivity contribution in [3.63, 3.8) is 0 Å². The van der Waals surface area contributed by atoms with Gasteiger partial charge in [-0.3, -0.25) is 0 Å². The van der Waals surface area contributed by atoms with Gasteiger partial charge in [0.1, 0.15) is 0 Å². The molecule has 1 aromatic carbocycles. The second-order valence-electron chi connectivity index (χ2n) is 3.38. The second kappa shape index (κ2) is 4.28. The molecular formula is C12H13NO2. The topological polar surface area (TPSA) is 42.4 Å². The number of fused-ring (bicyclic) bond motifs is 1. The Balaban J connectivity index is 2.45. The number of nitrogens with zero attached hydrogens (tertiary/aromatic N) is 1. The van der Waals surface area contributed by atoms with Crippen LogP contribution < -0.4 is 4.74 Å². The van der Waals surface area contributed by atoms with E-state index in [4.69, 9.17) is 9.84 Å².